The van der Waals surface area contributed by atoms with Crippen LogP contribution in [0.4, 0.5) is 0 Å². The molecule has 0 radical (unpaired) electrons. The number of fused-ring (bicyclic) bond motifs is 2. The highest BCUT2D eigenvalue weighted by Gasteiger charge is 2.33. The van der Waals surface area contributed by atoms with E-state index in [1.54, 1.807) is 0 Å². The van der Waals surface area contributed by atoms with E-state index in [2.05, 4.69) is 4.98 Å². The van der Waals surface area contributed by atoms with E-state index in [1.807, 2.05) is 4.90 Å². The molecular weight excluding hydrogens is 264 g/mol. The van der Waals surface area contributed by atoms with Crippen molar-refractivity contribution in [3.63, 3.8) is 0 Å². The third-order valence-corrected chi connectivity index (χ3v) is 4.87. The Morgan fingerprint density at radius 3 is 2.58 bits per heavy atom. The van der Waals surface area contributed by atoms with E-state index in [0.29, 0.717) is 16.8 Å². The van der Waals surface area contributed by atoms with E-state index in [-0.39, 0.29) is 11.6 Å². The minimum absolute atomic E-state index is 0.0365. The molecule has 1 N–H and O–H groups in total. The number of carboxylic acids is 1. The lowest BCUT2D eigenvalue weighted by molar-refractivity contribution is 0.0504. The molecule has 3 rings (SSSR count). The molecule has 19 heavy (non-hydrogen) atoms. The van der Waals surface area contributed by atoms with Gasteiger partial charge < -0.3 is 10.0 Å². The molecule has 2 heterocycles. The quantitative estimate of drug-likeness (QED) is 0.900. The summed E-state index contributed by atoms with van der Waals surface area (Å²) in [6.07, 6.45) is 4.93. The van der Waals surface area contributed by atoms with Crippen LogP contribution < -0.4 is 0 Å². The van der Waals surface area contributed by atoms with Crippen molar-refractivity contribution in [2.75, 3.05) is 13.1 Å². The fourth-order valence-corrected chi connectivity index (χ4v) is 3.96. The predicted molar refractivity (Wildman–Crippen MR) is 70.4 cm³/mol. The SMILES string of the molecule is O=C(O)c1csc(C(=O)N2CC3CCCC(C3)C2)n1. The standard InChI is InChI=1S/C13H16N2O3S/c16-12(11-14-10(7-19-11)13(17)18)15-5-8-2-1-3-9(4-8)6-15/h7-9H,1-6H2,(H,17,18). The average Bonchev–Trinajstić information content (AvgIpc) is 2.87. The third kappa shape index (κ3) is 2.49. The summed E-state index contributed by atoms with van der Waals surface area (Å²) in [5, 5.41) is 10.6. The van der Waals surface area contributed by atoms with Crippen molar-refractivity contribution < 1.29 is 14.7 Å². The highest BCUT2D eigenvalue weighted by atomic mass is 32.1. The molecule has 1 aromatic heterocycles. The summed E-state index contributed by atoms with van der Waals surface area (Å²) in [5.74, 6) is 0.0608. The summed E-state index contributed by atoms with van der Waals surface area (Å²) in [5.41, 5.74) is -0.0365. The van der Waals surface area contributed by atoms with E-state index in [0.717, 1.165) is 24.4 Å². The lowest BCUT2D eigenvalue weighted by atomic mass is 9.78. The van der Waals surface area contributed by atoms with Crippen molar-refractivity contribution in [3.05, 3.63) is 16.1 Å². The topological polar surface area (TPSA) is 70.5 Å². The van der Waals surface area contributed by atoms with Crippen LogP contribution >= 0.6 is 11.3 Å². The molecule has 1 saturated heterocycles. The van der Waals surface area contributed by atoms with Crippen LogP contribution in [0.5, 0.6) is 0 Å². The van der Waals surface area contributed by atoms with Gasteiger partial charge in [0.05, 0.1) is 0 Å². The molecule has 1 aliphatic heterocycles. The van der Waals surface area contributed by atoms with Crippen LogP contribution in [0.2, 0.25) is 0 Å². The van der Waals surface area contributed by atoms with Gasteiger partial charge in [-0.05, 0) is 31.1 Å². The Bertz CT molecular complexity index is 502. The molecule has 1 aliphatic carbocycles. The van der Waals surface area contributed by atoms with Crippen LogP contribution in [-0.2, 0) is 0 Å². The number of hydrogen-bond acceptors (Lipinski definition) is 4. The highest BCUT2D eigenvalue weighted by Crippen LogP contribution is 2.34. The van der Waals surface area contributed by atoms with E-state index in [1.165, 1.54) is 31.1 Å². The van der Waals surface area contributed by atoms with Crippen LogP contribution in [0.25, 0.3) is 0 Å². The minimum Gasteiger partial charge on any atom is -0.476 e. The van der Waals surface area contributed by atoms with Gasteiger partial charge in [0.2, 0.25) is 0 Å². The number of hydrogen-bond donors (Lipinski definition) is 1. The number of aromatic carboxylic acids is 1. The first-order valence-corrected chi connectivity index (χ1v) is 7.49. The van der Waals surface area contributed by atoms with E-state index in [9.17, 15) is 9.59 Å². The van der Waals surface area contributed by atoms with Crippen LogP contribution in [0, 0.1) is 11.8 Å². The lowest BCUT2D eigenvalue weighted by Gasteiger charge is -2.41. The fourth-order valence-electron chi connectivity index (χ4n) is 3.20. The molecular formula is C13H16N2O3S. The van der Waals surface area contributed by atoms with Gasteiger partial charge in [-0.2, -0.15) is 0 Å². The number of nitrogens with zero attached hydrogens (tertiary/aromatic N) is 2. The summed E-state index contributed by atoms with van der Waals surface area (Å²) in [6, 6.07) is 0. The number of likely N-dealkylation sites (tertiary alicyclic amines) is 1. The number of aromatic nitrogens is 1. The molecule has 2 fully saturated rings. The number of carbonyl (C=O) groups is 2. The second-order valence-corrected chi connectivity index (χ2v) is 6.31. The van der Waals surface area contributed by atoms with E-state index in [4.69, 9.17) is 5.11 Å². The number of amides is 1. The van der Waals surface area contributed by atoms with Gasteiger partial charge in [0.25, 0.3) is 5.91 Å². The maximum atomic E-state index is 12.3. The van der Waals surface area contributed by atoms with Crippen molar-refractivity contribution in [2.45, 2.75) is 25.7 Å². The van der Waals surface area contributed by atoms with Crippen LogP contribution in [0.1, 0.15) is 46.0 Å². The third-order valence-electron chi connectivity index (χ3n) is 4.04. The molecule has 0 aromatic carbocycles. The Morgan fingerprint density at radius 2 is 2.00 bits per heavy atom. The molecule has 0 spiro atoms. The monoisotopic (exact) mass is 280 g/mol. The number of carboxylic acid groups (broad SMARTS) is 1. The van der Waals surface area contributed by atoms with E-state index < -0.39 is 5.97 Å². The Kier molecular flexibility index (Phi) is 3.26. The average molecular weight is 280 g/mol. The molecule has 1 aromatic rings. The smallest absolute Gasteiger partial charge is 0.355 e. The first kappa shape index (κ1) is 12.6. The van der Waals surface area contributed by atoms with Crippen molar-refractivity contribution >= 4 is 23.2 Å². The van der Waals surface area contributed by atoms with Crippen LogP contribution in [0.15, 0.2) is 5.38 Å². The summed E-state index contributed by atoms with van der Waals surface area (Å²) >= 11 is 1.12. The molecule has 102 valence electrons. The van der Waals surface area contributed by atoms with Gasteiger partial charge in [-0.3, -0.25) is 4.79 Å². The Labute approximate surface area is 115 Å². The van der Waals surface area contributed by atoms with Crippen molar-refractivity contribution in [1.29, 1.82) is 0 Å². The van der Waals surface area contributed by atoms with Crippen molar-refractivity contribution in [2.24, 2.45) is 11.8 Å². The largest absolute Gasteiger partial charge is 0.476 e. The molecule has 5 nitrogen and oxygen atoms in total. The second-order valence-electron chi connectivity index (χ2n) is 5.45. The Morgan fingerprint density at radius 1 is 1.32 bits per heavy atom. The van der Waals surface area contributed by atoms with Gasteiger partial charge in [-0.25, -0.2) is 9.78 Å². The van der Waals surface area contributed by atoms with Gasteiger partial charge in [0.15, 0.2) is 10.7 Å². The van der Waals surface area contributed by atoms with Crippen molar-refractivity contribution in [3.8, 4) is 0 Å². The highest BCUT2D eigenvalue weighted by molar-refractivity contribution is 7.11. The number of rotatable bonds is 2. The van der Waals surface area contributed by atoms with Gasteiger partial charge >= 0.3 is 5.97 Å². The molecule has 1 amide bonds. The zero-order valence-corrected chi connectivity index (χ0v) is 11.4. The fraction of sp³-hybridized carbons (Fsp3) is 0.615. The molecule has 2 atom stereocenters. The van der Waals surface area contributed by atoms with E-state index >= 15 is 0 Å². The lowest BCUT2D eigenvalue weighted by Crippen LogP contribution is -2.45. The van der Waals surface area contributed by atoms with Crippen molar-refractivity contribution in [1.82, 2.24) is 9.88 Å². The molecule has 1 saturated carbocycles. The first-order valence-electron chi connectivity index (χ1n) is 6.61. The second kappa shape index (κ2) is 4.92. The van der Waals surface area contributed by atoms with Gasteiger partial charge in [0, 0.05) is 18.5 Å². The van der Waals surface area contributed by atoms with Crippen LogP contribution in [0.3, 0.4) is 0 Å². The Hall–Kier alpha value is -1.43. The maximum Gasteiger partial charge on any atom is 0.355 e. The molecule has 2 aliphatic rings. The molecule has 6 heteroatoms. The minimum atomic E-state index is -1.08. The number of thiazole rings is 1. The number of piperidine rings is 1. The summed E-state index contributed by atoms with van der Waals surface area (Å²) in [6.45, 7) is 1.61. The zero-order chi connectivity index (χ0) is 13.4. The normalized spacial score (nSPS) is 26.2. The van der Waals surface area contributed by atoms with Gasteiger partial charge in [0.1, 0.15) is 0 Å². The summed E-state index contributed by atoms with van der Waals surface area (Å²) in [4.78, 5) is 28.9. The number of carbonyl (C=O) groups excluding carboxylic acids is 1. The molecule has 2 unspecified atom stereocenters. The van der Waals surface area contributed by atoms with Gasteiger partial charge in [-0.15, -0.1) is 11.3 Å². The maximum absolute atomic E-state index is 12.3. The summed E-state index contributed by atoms with van der Waals surface area (Å²) < 4.78 is 0. The predicted octanol–water partition coefficient (Wildman–Crippen LogP) is 2.10. The zero-order valence-electron chi connectivity index (χ0n) is 10.5. The first-order chi connectivity index (χ1) is 9.13. The van der Waals surface area contributed by atoms with Crippen LogP contribution in [-0.4, -0.2) is 40.0 Å². The molecule has 2 bridgehead atoms. The Balaban J connectivity index is 1.74. The summed E-state index contributed by atoms with van der Waals surface area (Å²) in [7, 11) is 0. The van der Waals surface area contributed by atoms with Gasteiger partial charge in [-0.1, -0.05) is 6.42 Å².